The molecule has 0 radical (unpaired) electrons. The molecule has 0 aromatic carbocycles. The summed E-state index contributed by atoms with van der Waals surface area (Å²) >= 11 is 0. The maximum atomic E-state index is 11.2. The molecule has 0 amide bonds. The minimum Gasteiger partial charge on any atom is -0.459 e. The summed E-state index contributed by atoms with van der Waals surface area (Å²) in [6.45, 7) is 16.1. The van der Waals surface area contributed by atoms with Gasteiger partial charge in [0.15, 0.2) is 0 Å². The summed E-state index contributed by atoms with van der Waals surface area (Å²) in [5.74, 6) is -0.334. The van der Waals surface area contributed by atoms with Gasteiger partial charge in [-0.2, -0.15) is 0 Å². The lowest BCUT2D eigenvalue weighted by Gasteiger charge is -2.34. The Hall–Kier alpha value is -0.790. The summed E-state index contributed by atoms with van der Waals surface area (Å²) in [6, 6.07) is 0. The molecule has 2 nitrogen and oxygen atoms in total. The first-order valence-corrected chi connectivity index (χ1v) is 5.39. The van der Waals surface area contributed by atoms with Crippen LogP contribution >= 0.6 is 0 Å². The second kappa shape index (κ2) is 4.82. The van der Waals surface area contributed by atoms with Gasteiger partial charge in [0.1, 0.15) is 6.10 Å². The Labute approximate surface area is 93.7 Å². The van der Waals surface area contributed by atoms with Gasteiger partial charge >= 0.3 is 5.97 Å². The predicted octanol–water partition coefficient (Wildman–Crippen LogP) is 3.57. The van der Waals surface area contributed by atoms with Crippen LogP contribution in [0, 0.1) is 10.8 Å². The molecule has 0 aromatic rings. The number of hydrogen-bond acceptors (Lipinski definition) is 2. The Kier molecular flexibility index (Phi) is 4.57. The molecule has 0 aliphatic rings. The maximum absolute atomic E-state index is 11.2. The highest BCUT2D eigenvalue weighted by Crippen LogP contribution is 2.32. The van der Waals surface area contributed by atoms with E-state index in [-0.39, 0.29) is 22.9 Å². The first-order valence-electron chi connectivity index (χ1n) is 5.39. The second-order valence-corrected chi connectivity index (χ2v) is 6.26. The lowest BCUT2D eigenvalue weighted by atomic mass is 9.78. The highest BCUT2D eigenvalue weighted by molar-refractivity contribution is 5.81. The molecule has 0 saturated heterocycles. The van der Waals surface area contributed by atoms with Gasteiger partial charge in [-0.05, 0) is 17.3 Å². The third kappa shape index (κ3) is 6.32. The van der Waals surface area contributed by atoms with Crippen LogP contribution in [-0.4, -0.2) is 12.1 Å². The van der Waals surface area contributed by atoms with Crippen molar-refractivity contribution in [2.75, 3.05) is 0 Å². The highest BCUT2D eigenvalue weighted by Gasteiger charge is 2.31. The van der Waals surface area contributed by atoms with Gasteiger partial charge in [0.05, 0.1) is 0 Å². The van der Waals surface area contributed by atoms with Crippen LogP contribution in [0.2, 0.25) is 0 Å². The normalized spacial score (nSPS) is 14.5. The molecule has 0 N–H and O–H groups in total. The lowest BCUT2D eigenvalue weighted by Crippen LogP contribution is -2.34. The number of esters is 1. The van der Waals surface area contributed by atoms with Crippen molar-refractivity contribution in [1.82, 2.24) is 0 Å². The molecule has 0 aliphatic carbocycles. The molecule has 88 valence electrons. The molecule has 0 rings (SSSR count). The molecule has 0 heterocycles. The van der Waals surface area contributed by atoms with Crippen LogP contribution in [0.4, 0.5) is 0 Å². The Morgan fingerprint density at radius 3 is 2.00 bits per heavy atom. The van der Waals surface area contributed by atoms with Gasteiger partial charge in [0, 0.05) is 6.08 Å². The van der Waals surface area contributed by atoms with Crippen LogP contribution in [0.5, 0.6) is 0 Å². The third-order valence-electron chi connectivity index (χ3n) is 2.19. The van der Waals surface area contributed by atoms with Gasteiger partial charge in [-0.15, -0.1) is 0 Å². The molecule has 0 bridgehead atoms. The first-order chi connectivity index (χ1) is 6.56. The molecular formula is C13H24O2. The Balaban J connectivity index is 4.61. The van der Waals surface area contributed by atoms with Crippen LogP contribution in [0.3, 0.4) is 0 Å². The van der Waals surface area contributed by atoms with Crippen molar-refractivity contribution in [3.8, 4) is 0 Å². The van der Waals surface area contributed by atoms with Crippen molar-refractivity contribution in [3.05, 3.63) is 12.7 Å². The molecule has 0 aliphatic heterocycles. The van der Waals surface area contributed by atoms with E-state index in [1.807, 2.05) is 0 Å². The molecule has 0 spiro atoms. The molecule has 0 fully saturated rings. The zero-order valence-corrected chi connectivity index (χ0v) is 10.9. The summed E-state index contributed by atoms with van der Waals surface area (Å²) in [6.07, 6.45) is 2.01. The van der Waals surface area contributed by atoms with E-state index >= 15 is 0 Å². The Morgan fingerprint density at radius 2 is 1.73 bits per heavy atom. The van der Waals surface area contributed by atoms with E-state index < -0.39 is 0 Å². The average Bonchev–Trinajstić information content (AvgIpc) is 1.98. The van der Waals surface area contributed by atoms with Crippen LogP contribution in [0.15, 0.2) is 12.7 Å². The van der Waals surface area contributed by atoms with E-state index in [4.69, 9.17) is 4.74 Å². The molecule has 1 unspecified atom stereocenters. The zero-order chi connectivity index (χ0) is 12.3. The number of hydrogen-bond donors (Lipinski definition) is 0. The minimum atomic E-state index is -0.334. The van der Waals surface area contributed by atoms with Crippen molar-refractivity contribution in [3.63, 3.8) is 0 Å². The third-order valence-corrected chi connectivity index (χ3v) is 2.19. The number of rotatable bonds is 3. The summed E-state index contributed by atoms with van der Waals surface area (Å²) in [4.78, 5) is 11.2. The SMILES string of the molecule is C=CC(=O)OC(CC(C)(C)C)C(C)(C)C. The lowest BCUT2D eigenvalue weighted by molar-refractivity contribution is -0.150. The van der Waals surface area contributed by atoms with E-state index in [1.165, 1.54) is 6.08 Å². The fraction of sp³-hybridized carbons (Fsp3) is 0.769. The average molecular weight is 212 g/mol. The Morgan fingerprint density at radius 1 is 1.27 bits per heavy atom. The summed E-state index contributed by atoms with van der Waals surface area (Å²) in [7, 11) is 0. The van der Waals surface area contributed by atoms with E-state index in [0.717, 1.165) is 6.42 Å². The summed E-state index contributed by atoms with van der Waals surface area (Å²) in [5.41, 5.74) is 0.116. The van der Waals surface area contributed by atoms with E-state index in [1.54, 1.807) is 0 Å². The van der Waals surface area contributed by atoms with Gasteiger partial charge in [-0.25, -0.2) is 4.79 Å². The van der Waals surface area contributed by atoms with Crippen LogP contribution in [0.1, 0.15) is 48.0 Å². The maximum Gasteiger partial charge on any atom is 0.330 e. The van der Waals surface area contributed by atoms with Crippen molar-refractivity contribution >= 4 is 5.97 Å². The van der Waals surface area contributed by atoms with Gasteiger partial charge in [-0.3, -0.25) is 0 Å². The molecular weight excluding hydrogens is 188 g/mol. The van der Waals surface area contributed by atoms with Crippen molar-refractivity contribution in [2.24, 2.45) is 10.8 Å². The fourth-order valence-electron chi connectivity index (χ4n) is 1.27. The van der Waals surface area contributed by atoms with Crippen LogP contribution in [-0.2, 0) is 9.53 Å². The second-order valence-electron chi connectivity index (χ2n) is 6.26. The monoisotopic (exact) mass is 212 g/mol. The largest absolute Gasteiger partial charge is 0.459 e. The van der Waals surface area contributed by atoms with Crippen molar-refractivity contribution in [1.29, 1.82) is 0 Å². The van der Waals surface area contributed by atoms with Crippen molar-refractivity contribution in [2.45, 2.75) is 54.1 Å². The number of carbonyl (C=O) groups is 1. The number of ether oxygens (including phenoxy) is 1. The smallest absolute Gasteiger partial charge is 0.330 e. The topological polar surface area (TPSA) is 26.3 Å². The fourth-order valence-corrected chi connectivity index (χ4v) is 1.27. The van der Waals surface area contributed by atoms with Crippen LogP contribution in [0.25, 0.3) is 0 Å². The molecule has 0 saturated carbocycles. The minimum absolute atomic E-state index is 0.0358. The van der Waals surface area contributed by atoms with Crippen LogP contribution < -0.4 is 0 Å². The molecule has 0 aromatic heterocycles. The van der Waals surface area contributed by atoms with Gasteiger partial charge in [0.2, 0.25) is 0 Å². The zero-order valence-electron chi connectivity index (χ0n) is 10.9. The summed E-state index contributed by atoms with van der Waals surface area (Å²) in [5, 5.41) is 0. The Bertz CT molecular complexity index is 228. The van der Waals surface area contributed by atoms with Gasteiger partial charge < -0.3 is 4.74 Å². The molecule has 2 heteroatoms. The quantitative estimate of drug-likeness (QED) is 0.528. The first kappa shape index (κ1) is 14.2. The molecule has 1 atom stereocenters. The van der Waals surface area contributed by atoms with E-state index in [2.05, 4.69) is 48.1 Å². The van der Waals surface area contributed by atoms with Gasteiger partial charge in [0.25, 0.3) is 0 Å². The van der Waals surface area contributed by atoms with E-state index in [9.17, 15) is 4.79 Å². The summed E-state index contributed by atoms with van der Waals surface area (Å²) < 4.78 is 5.38. The van der Waals surface area contributed by atoms with Crippen molar-refractivity contribution < 1.29 is 9.53 Å². The highest BCUT2D eigenvalue weighted by atomic mass is 16.5. The predicted molar refractivity (Wildman–Crippen MR) is 63.6 cm³/mol. The van der Waals surface area contributed by atoms with E-state index in [0.29, 0.717) is 0 Å². The number of carbonyl (C=O) groups excluding carboxylic acids is 1. The van der Waals surface area contributed by atoms with Gasteiger partial charge in [-0.1, -0.05) is 48.1 Å². The molecule has 15 heavy (non-hydrogen) atoms. The standard InChI is InChI=1S/C13H24O2/c1-8-11(14)15-10(13(5,6)7)9-12(2,3)4/h8,10H,1,9H2,2-7H3.